The van der Waals surface area contributed by atoms with Crippen molar-refractivity contribution in [2.75, 3.05) is 11.0 Å². The van der Waals surface area contributed by atoms with Crippen molar-refractivity contribution in [3.05, 3.63) is 0 Å². The quantitative estimate of drug-likeness (QED) is 0.249. The van der Waals surface area contributed by atoms with E-state index in [-0.39, 0.29) is 0 Å². The predicted octanol–water partition coefficient (Wildman–Crippen LogP) is 2.90. The summed E-state index contributed by atoms with van der Waals surface area (Å²) in [4.78, 5) is 0. The lowest BCUT2D eigenvalue weighted by atomic mass is 10.2. The standard InChI is InChI=1S/C11H29IO3Si3/c1-17(2,3)14-11(10-13-16,8-7-9-12)15-18(4,5)6/h7-10H2,1-6,16H3. The second-order valence-corrected chi connectivity index (χ2v) is 17.1. The van der Waals surface area contributed by atoms with Crippen LogP contribution in [0.5, 0.6) is 0 Å². The molecular weight excluding hydrogens is 391 g/mol. The molecule has 0 spiro atoms. The Morgan fingerprint density at radius 3 is 1.72 bits per heavy atom. The topological polar surface area (TPSA) is 27.7 Å². The highest BCUT2D eigenvalue weighted by atomic mass is 127. The summed E-state index contributed by atoms with van der Waals surface area (Å²) in [7, 11) is -2.57. The molecule has 110 valence electrons. The normalized spacial score (nSPS) is 14.2. The van der Waals surface area contributed by atoms with Crippen LogP contribution in [-0.2, 0) is 13.3 Å². The third kappa shape index (κ3) is 9.21. The third-order valence-corrected chi connectivity index (χ3v) is 5.06. The van der Waals surface area contributed by atoms with Crippen LogP contribution in [0.1, 0.15) is 12.8 Å². The number of hydrogen-bond donors (Lipinski definition) is 0. The van der Waals surface area contributed by atoms with Gasteiger partial charge in [0.05, 0.1) is 6.61 Å². The van der Waals surface area contributed by atoms with E-state index >= 15 is 0 Å². The van der Waals surface area contributed by atoms with Crippen LogP contribution in [0.15, 0.2) is 0 Å². The van der Waals surface area contributed by atoms with E-state index in [0.717, 1.165) is 27.8 Å². The average molecular weight is 421 g/mol. The molecule has 0 aliphatic carbocycles. The van der Waals surface area contributed by atoms with Crippen molar-refractivity contribution in [1.29, 1.82) is 0 Å². The van der Waals surface area contributed by atoms with Gasteiger partial charge >= 0.3 is 0 Å². The molecule has 7 heteroatoms. The van der Waals surface area contributed by atoms with Crippen molar-refractivity contribution in [2.24, 2.45) is 0 Å². The van der Waals surface area contributed by atoms with Gasteiger partial charge in [-0.3, -0.25) is 0 Å². The van der Waals surface area contributed by atoms with Crippen LogP contribution in [0.2, 0.25) is 39.3 Å². The highest BCUT2D eigenvalue weighted by Crippen LogP contribution is 2.29. The molecule has 0 bridgehead atoms. The SMILES string of the molecule is C[Si](C)(C)OC(CCCI)(CO[SiH3])O[Si](C)(C)C. The minimum Gasteiger partial charge on any atom is -0.423 e. The first-order valence-corrected chi connectivity index (χ1v) is 15.6. The van der Waals surface area contributed by atoms with Crippen LogP contribution >= 0.6 is 22.6 Å². The minimum atomic E-state index is -1.65. The predicted molar refractivity (Wildman–Crippen MR) is 95.6 cm³/mol. The molecule has 0 radical (unpaired) electrons. The van der Waals surface area contributed by atoms with Crippen LogP contribution < -0.4 is 0 Å². The van der Waals surface area contributed by atoms with Gasteiger partial charge in [-0.1, -0.05) is 22.6 Å². The minimum absolute atomic E-state index is 0.498. The van der Waals surface area contributed by atoms with Crippen LogP contribution in [0, 0.1) is 0 Å². The molecule has 0 N–H and O–H groups in total. The van der Waals surface area contributed by atoms with Crippen LogP contribution in [0.3, 0.4) is 0 Å². The monoisotopic (exact) mass is 420 g/mol. The fourth-order valence-electron chi connectivity index (χ4n) is 1.93. The van der Waals surface area contributed by atoms with E-state index in [2.05, 4.69) is 61.9 Å². The summed E-state index contributed by atoms with van der Waals surface area (Å²) in [5.41, 5.74) is 0. The Labute approximate surface area is 131 Å². The van der Waals surface area contributed by atoms with Crippen molar-refractivity contribution in [3.8, 4) is 0 Å². The average Bonchev–Trinajstić information content (AvgIpc) is 2.09. The highest BCUT2D eigenvalue weighted by Gasteiger charge is 2.40. The summed E-state index contributed by atoms with van der Waals surface area (Å²) in [6.45, 7) is 13.9. The van der Waals surface area contributed by atoms with E-state index in [9.17, 15) is 0 Å². The number of hydrogen-bond acceptors (Lipinski definition) is 3. The maximum absolute atomic E-state index is 6.39. The van der Waals surface area contributed by atoms with Gasteiger partial charge in [0.1, 0.15) is 10.5 Å². The molecule has 0 aromatic rings. The first-order valence-electron chi connectivity index (χ1n) is 6.49. The summed E-state index contributed by atoms with van der Waals surface area (Å²) >= 11 is 2.41. The lowest BCUT2D eigenvalue weighted by Crippen LogP contribution is -2.53. The van der Waals surface area contributed by atoms with Gasteiger partial charge in [-0.2, -0.15) is 0 Å². The summed E-state index contributed by atoms with van der Waals surface area (Å²) in [5, 5.41) is 0. The number of alkyl halides is 1. The molecule has 0 saturated heterocycles. The molecular formula is C11H29IO3Si3. The molecule has 18 heavy (non-hydrogen) atoms. The first-order chi connectivity index (χ1) is 8.04. The third-order valence-electron chi connectivity index (χ3n) is 2.04. The summed E-state index contributed by atoms with van der Waals surface area (Å²) < 4.78 is 19.4. The molecule has 0 aliphatic heterocycles. The zero-order valence-electron chi connectivity index (χ0n) is 12.9. The highest BCUT2D eigenvalue weighted by molar-refractivity contribution is 14.1. The fraction of sp³-hybridized carbons (Fsp3) is 1.00. The molecule has 0 aliphatic rings. The molecule has 0 unspecified atom stereocenters. The van der Waals surface area contributed by atoms with Gasteiger partial charge in [0.25, 0.3) is 0 Å². The first kappa shape index (κ1) is 19.3. The van der Waals surface area contributed by atoms with Gasteiger partial charge in [-0.25, -0.2) is 0 Å². The Bertz CT molecular complexity index is 223. The zero-order valence-corrected chi connectivity index (χ0v) is 19.1. The van der Waals surface area contributed by atoms with Crippen LogP contribution in [0.4, 0.5) is 0 Å². The van der Waals surface area contributed by atoms with E-state index in [1.165, 1.54) is 0 Å². The lowest BCUT2D eigenvalue weighted by molar-refractivity contribution is -0.155. The molecule has 0 saturated carbocycles. The molecule has 0 aromatic heterocycles. The molecule has 0 fully saturated rings. The van der Waals surface area contributed by atoms with Crippen molar-refractivity contribution in [2.45, 2.75) is 57.9 Å². The van der Waals surface area contributed by atoms with Crippen molar-refractivity contribution in [1.82, 2.24) is 0 Å². The summed E-state index contributed by atoms with van der Waals surface area (Å²) in [6.07, 6.45) is 2.05. The number of rotatable bonds is 9. The Morgan fingerprint density at radius 1 is 1.00 bits per heavy atom. The van der Waals surface area contributed by atoms with E-state index < -0.39 is 22.4 Å². The Morgan fingerprint density at radius 2 is 1.44 bits per heavy atom. The van der Waals surface area contributed by atoms with Crippen LogP contribution in [-0.4, -0.2) is 43.9 Å². The summed E-state index contributed by atoms with van der Waals surface area (Å²) in [6, 6.07) is 0. The zero-order chi connectivity index (χ0) is 14.4. The van der Waals surface area contributed by atoms with Gasteiger partial charge in [-0.15, -0.1) is 0 Å². The van der Waals surface area contributed by atoms with Gasteiger partial charge < -0.3 is 13.3 Å². The maximum atomic E-state index is 6.39. The second-order valence-electron chi connectivity index (χ2n) is 6.57. The molecule has 0 heterocycles. The van der Waals surface area contributed by atoms with E-state index in [1.807, 2.05) is 0 Å². The summed E-state index contributed by atoms with van der Waals surface area (Å²) in [5.74, 6) is -0.498. The Kier molecular flexibility index (Phi) is 8.44. The Balaban J connectivity index is 5.01. The molecule has 0 atom stereocenters. The smallest absolute Gasteiger partial charge is 0.187 e. The van der Waals surface area contributed by atoms with E-state index in [0.29, 0.717) is 6.61 Å². The van der Waals surface area contributed by atoms with E-state index in [1.54, 1.807) is 0 Å². The molecule has 0 rings (SSSR count). The van der Waals surface area contributed by atoms with Gasteiger partial charge in [0, 0.05) is 6.42 Å². The van der Waals surface area contributed by atoms with Crippen molar-refractivity contribution in [3.63, 3.8) is 0 Å². The fourth-order valence-corrected chi connectivity index (χ4v) is 5.47. The van der Waals surface area contributed by atoms with Crippen molar-refractivity contribution < 1.29 is 13.3 Å². The molecule has 0 amide bonds. The van der Waals surface area contributed by atoms with Crippen molar-refractivity contribution >= 4 is 49.7 Å². The van der Waals surface area contributed by atoms with Crippen LogP contribution in [0.25, 0.3) is 0 Å². The van der Waals surface area contributed by atoms with E-state index in [4.69, 9.17) is 13.3 Å². The number of halogens is 1. The Hall–Kier alpha value is 1.26. The maximum Gasteiger partial charge on any atom is 0.187 e. The lowest BCUT2D eigenvalue weighted by Gasteiger charge is -2.42. The second kappa shape index (κ2) is 7.89. The van der Waals surface area contributed by atoms with Gasteiger partial charge in [0.2, 0.25) is 0 Å². The molecule has 0 aromatic carbocycles. The molecule has 3 nitrogen and oxygen atoms in total. The van der Waals surface area contributed by atoms with Gasteiger partial charge in [0.15, 0.2) is 22.4 Å². The van der Waals surface area contributed by atoms with Gasteiger partial charge in [-0.05, 0) is 50.1 Å². The largest absolute Gasteiger partial charge is 0.423 e.